The standard InChI is InChI=1S/C14H24N2O4/c1-9(2)15(6-7-20-3)14(19)16-10-4-5-12(16)11(8-10)13(17)18/h9-12H,4-8H2,1-3H3,(H,17,18). The molecule has 0 saturated carbocycles. The van der Waals surface area contributed by atoms with Crippen molar-refractivity contribution in [2.75, 3.05) is 20.3 Å². The van der Waals surface area contributed by atoms with Crippen LogP contribution >= 0.6 is 0 Å². The third kappa shape index (κ3) is 2.61. The zero-order valence-corrected chi connectivity index (χ0v) is 12.4. The van der Waals surface area contributed by atoms with Gasteiger partial charge in [-0.05, 0) is 33.1 Å². The molecule has 0 aromatic heterocycles. The second-order valence-electron chi connectivity index (χ2n) is 5.95. The summed E-state index contributed by atoms with van der Waals surface area (Å²) in [6, 6.07) is 0.0143. The van der Waals surface area contributed by atoms with Gasteiger partial charge in [0.1, 0.15) is 0 Å². The van der Waals surface area contributed by atoms with Crippen molar-refractivity contribution < 1.29 is 19.4 Å². The smallest absolute Gasteiger partial charge is 0.320 e. The van der Waals surface area contributed by atoms with Crippen LogP contribution in [0.15, 0.2) is 0 Å². The van der Waals surface area contributed by atoms with E-state index in [0.717, 1.165) is 12.8 Å². The maximum absolute atomic E-state index is 12.7. The molecule has 2 amide bonds. The highest BCUT2D eigenvalue weighted by molar-refractivity contribution is 5.79. The summed E-state index contributed by atoms with van der Waals surface area (Å²) in [6.07, 6.45) is 2.34. The zero-order chi connectivity index (χ0) is 14.9. The summed E-state index contributed by atoms with van der Waals surface area (Å²) in [5.74, 6) is -1.17. The molecular formula is C14H24N2O4. The fourth-order valence-corrected chi connectivity index (χ4v) is 3.46. The van der Waals surface area contributed by atoms with E-state index in [0.29, 0.717) is 19.6 Å². The Morgan fingerprint density at radius 1 is 1.40 bits per heavy atom. The van der Waals surface area contributed by atoms with E-state index in [9.17, 15) is 14.7 Å². The number of amides is 2. The molecule has 2 saturated heterocycles. The number of hydrogen-bond acceptors (Lipinski definition) is 3. The number of ether oxygens (including phenoxy) is 1. The van der Waals surface area contributed by atoms with Crippen LogP contribution in [-0.4, -0.2) is 65.3 Å². The minimum Gasteiger partial charge on any atom is -0.481 e. The first kappa shape index (κ1) is 15.1. The van der Waals surface area contributed by atoms with Crippen molar-refractivity contribution in [3.05, 3.63) is 0 Å². The van der Waals surface area contributed by atoms with Crippen LogP contribution < -0.4 is 0 Å². The van der Waals surface area contributed by atoms with Crippen molar-refractivity contribution in [1.29, 1.82) is 0 Å². The van der Waals surface area contributed by atoms with E-state index in [2.05, 4.69) is 0 Å². The highest BCUT2D eigenvalue weighted by Gasteiger charge is 2.52. The fraction of sp³-hybridized carbons (Fsp3) is 0.857. The quantitative estimate of drug-likeness (QED) is 0.828. The first-order chi connectivity index (χ1) is 9.47. The summed E-state index contributed by atoms with van der Waals surface area (Å²) < 4.78 is 5.06. The Labute approximate surface area is 119 Å². The minimum atomic E-state index is -0.775. The summed E-state index contributed by atoms with van der Waals surface area (Å²) in [5.41, 5.74) is 0. The zero-order valence-electron chi connectivity index (χ0n) is 12.4. The number of carbonyl (C=O) groups excluding carboxylic acids is 1. The van der Waals surface area contributed by atoms with Gasteiger partial charge >= 0.3 is 12.0 Å². The predicted molar refractivity (Wildman–Crippen MR) is 73.5 cm³/mol. The average Bonchev–Trinajstić information content (AvgIpc) is 2.95. The van der Waals surface area contributed by atoms with Gasteiger partial charge in [0.05, 0.1) is 12.5 Å². The summed E-state index contributed by atoms with van der Waals surface area (Å²) in [5, 5.41) is 9.25. The number of carboxylic acids is 1. The lowest BCUT2D eigenvalue weighted by atomic mass is 9.89. The van der Waals surface area contributed by atoms with Crippen LogP contribution in [0.5, 0.6) is 0 Å². The number of aliphatic carboxylic acids is 1. The molecule has 0 aromatic rings. The summed E-state index contributed by atoms with van der Waals surface area (Å²) in [4.78, 5) is 27.6. The molecule has 0 aliphatic carbocycles. The van der Waals surface area contributed by atoms with Gasteiger partial charge in [-0.3, -0.25) is 4.79 Å². The number of urea groups is 1. The van der Waals surface area contributed by atoms with Gasteiger partial charge in [0.2, 0.25) is 0 Å². The maximum Gasteiger partial charge on any atom is 0.320 e. The third-order valence-corrected chi connectivity index (χ3v) is 4.48. The van der Waals surface area contributed by atoms with E-state index in [1.807, 2.05) is 18.7 Å². The molecule has 2 rings (SSSR count). The Morgan fingerprint density at radius 2 is 2.10 bits per heavy atom. The SMILES string of the molecule is COCCN(C(=O)N1C2CCC1C(C(=O)O)C2)C(C)C. The van der Waals surface area contributed by atoms with Crippen molar-refractivity contribution in [1.82, 2.24) is 9.80 Å². The predicted octanol–water partition coefficient (Wildman–Crippen LogP) is 1.40. The molecule has 0 radical (unpaired) electrons. The monoisotopic (exact) mass is 284 g/mol. The van der Waals surface area contributed by atoms with Gasteiger partial charge in [-0.15, -0.1) is 0 Å². The van der Waals surface area contributed by atoms with E-state index in [1.54, 1.807) is 12.0 Å². The molecule has 6 nitrogen and oxygen atoms in total. The fourth-order valence-electron chi connectivity index (χ4n) is 3.46. The molecule has 2 aliphatic heterocycles. The Morgan fingerprint density at radius 3 is 2.60 bits per heavy atom. The summed E-state index contributed by atoms with van der Waals surface area (Å²) >= 11 is 0. The first-order valence-electron chi connectivity index (χ1n) is 7.28. The molecule has 20 heavy (non-hydrogen) atoms. The first-order valence-corrected chi connectivity index (χ1v) is 7.28. The molecule has 3 unspecified atom stereocenters. The number of carbonyl (C=O) groups is 2. The van der Waals surface area contributed by atoms with Crippen molar-refractivity contribution in [3.8, 4) is 0 Å². The molecule has 2 heterocycles. The van der Waals surface area contributed by atoms with Crippen molar-refractivity contribution in [2.24, 2.45) is 5.92 Å². The molecule has 1 N–H and O–H groups in total. The van der Waals surface area contributed by atoms with Gasteiger partial charge in [-0.2, -0.15) is 0 Å². The van der Waals surface area contributed by atoms with Crippen molar-refractivity contribution in [2.45, 2.75) is 51.2 Å². The van der Waals surface area contributed by atoms with Gasteiger partial charge in [0, 0.05) is 31.8 Å². The second-order valence-corrected chi connectivity index (χ2v) is 5.95. The average molecular weight is 284 g/mol. The van der Waals surface area contributed by atoms with E-state index in [4.69, 9.17) is 4.74 Å². The van der Waals surface area contributed by atoms with Gasteiger partial charge in [-0.1, -0.05) is 0 Å². The molecule has 114 valence electrons. The molecule has 6 heteroatoms. The van der Waals surface area contributed by atoms with Crippen LogP contribution in [0.2, 0.25) is 0 Å². The molecule has 3 atom stereocenters. The van der Waals surface area contributed by atoms with Gasteiger partial charge < -0.3 is 19.6 Å². The molecule has 0 spiro atoms. The van der Waals surface area contributed by atoms with E-state index in [-0.39, 0.29) is 24.2 Å². The number of carboxylic acid groups (broad SMARTS) is 1. The van der Waals surface area contributed by atoms with E-state index >= 15 is 0 Å². The van der Waals surface area contributed by atoms with Gasteiger partial charge in [0.15, 0.2) is 0 Å². The van der Waals surface area contributed by atoms with Crippen LogP contribution in [0.1, 0.15) is 33.1 Å². The van der Waals surface area contributed by atoms with Gasteiger partial charge in [-0.25, -0.2) is 4.79 Å². The largest absolute Gasteiger partial charge is 0.481 e. The Bertz CT molecular complexity index is 385. The number of fused-ring (bicyclic) bond motifs is 2. The Kier molecular flexibility index (Phi) is 4.52. The number of hydrogen-bond donors (Lipinski definition) is 1. The van der Waals surface area contributed by atoms with Crippen LogP contribution in [0.4, 0.5) is 4.79 Å². The van der Waals surface area contributed by atoms with Crippen LogP contribution in [0, 0.1) is 5.92 Å². The van der Waals surface area contributed by atoms with Crippen LogP contribution in [-0.2, 0) is 9.53 Å². The second kappa shape index (κ2) is 5.99. The summed E-state index contributed by atoms with van der Waals surface area (Å²) in [7, 11) is 1.61. The lowest BCUT2D eigenvalue weighted by Crippen LogP contribution is -2.50. The highest BCUT2D eigenvalue weighted by atomic mass is 16.5. The van der Waals surface area contributed by atoms with Crippen molar-refractivity contribution >= 4 is 12.0 Å². The Balaban J connectivity index is 2.10. The lowest BCUT2D eigenvalue weighted by Gasteiger charge is -2.33. The molecule has 2 bridgehead atoms. The van der Waals surface area contributed by atoms with Crippen LogP contribution in [0.25, 0.3) is 0 Å². The number of rotatable bonds is 5. The van der Waals surface area contributed by atoms with E-state index < -0.39 is 11.9 Å². The number of nitrogens with zero attached hydrogens (tertiary/aromatic N) is 2. The molecular weight excluding hydrogens is 260 g/mol. The van der Waals surface area contributed by atoms with Crippen LogP contribution in [0.3, 0.4) is 0 Å². The normalized spacial score (nSPS) is 28.2. The third-order valence-electron chi connectivity index (χ3n) is 4.48. The topological polar surface area (TPSA) is 70.1 Å². The van der Waals surface area contributed by atoms with Gasteiger partial charge in [0.25, 0.3) is 0 Å². The van der Waals surface area contributed by atoms with Crippen molar-refractivity contribution in [3.63, 3.8) is 0 Å². The Hall–Kier alpha value is -1.30. The highest BCUT2D eigenvalue weighted by Crippen LogP contribution is 2.42. The molecule has 0 aromatic carbocycles. The maximum atomic E-state index is 12.7. The number of methoxy groups -OCH3 is 1. The molecule has 2 aliphatic rings. The molecule has 2 fully saturated rings. The minimum absolute atomic E-state index is 0.0340. The summed E-state index contributed by atoms with van der Waals surface area (Å²) in [6.45, 7) is 4.98. The lowest BCUT2D eigenvalue weighted by molar-refractivity contribution is -0.142. The van der Waals surface area contributed by atoms with E-state index in [1.165, 1.54) is 0 Å².